The van der Waals surface area contributed by atoms with Gasteiger partial charge in [-0.05, 0) is 245 Å². The first-order chi connectivity index (χ1) is 35.6. The molecule has 76 heavy (non-hydrogen) atoms. The van der Waals surface area contributed by atoms with E-state index in [2.05, 4.69) is 187 Å². The van der Waals surface area contributed by atoms with Crippen LogP contribution in [0.4, 0.5) is 0 Å². The molecule has 0 saturated carbocycles. The van der Waals surface area contributed by atoms with Gasteiger partial charge in [-0.2, -0.15) is 0 Å². The van der Waals surface area contributed by atoms with Gasteiger partial charge in [-0.15, -0.1) is 0 Å². The molecule has 5 heterocycles. The maximum atomic E-state index is 6.49. The molecule has 5 aliphatic rings. The Morgan fingerprint density at radius 3 is 1.17 bits per heavy atom. The second-order valence-electron chi connectivity index (χ2n) is 24.5. The first-order valence-electron chi connectivity index (χ1n) is 27.3. The van der Waals surface area contributed by atoms with E-state index in [0.29, 0.717) is 0 Å². The van der Waals surface area contributed by atoms with E-state index in [0.717, 1.165) is 47.1 Å². The summed E-state index contributed by atoms with van der Waals surface area (Å²) in [6.07, 6.45) is 4.17. The molecule has 8 nitrogen and oxygen atoms in total. The maximum Gasteiger partial charge on any atom is 0.494 e. The third-order valence-electron chi connectivity index (χ3n) is 17.3. The van der Waals surface area contributed by atoms with Crippen molar-refractivity contribution in [2.24, 2.45) is 0 Å². The summed E-state index contributed by atoms with van der Waals surface area (Å²) in [5, 5.41) is 0. The van der Waals surface area contributed by atoms with Crippen LogP contribution in [-0.2, 0) is 40.8 Å². The van der Waals surface area contributed by atoms with E-state index in [-0.39, 0.29) is 52.9 Å². The van der Waals surface area contributed by atoms with Crippen molar-refractivity contribution in [1.29, 1.82) is 0 Å². The summed E-state index contributed by atoms with van der Waals surface area (Å²) in [5.74, 6) is 1.97. The Hall–Kier alpha value is -4.65. The highest BCUT2D eigenvalue weighted by molar-refractivity contribution is 9.10. The number of ether oxygens (including phenoxy) is 2. The number of aryl methyl sites for hydroxylation is 6. The molecule has 12 heteroatoms. The Balaban J connectivity index is 0.000000146. The lowest BCUT2D eigenvalue weighted by atomic mass is 9.49. The van der Waals surface area contributed by atoms with Gasteiger partial charge in [0.2, 0.25) is 0 Å². The van der Waals surface area contributed by atoms with Gasteiger partial charge < -0.3 is 37.4 Å². The zero-order valence-electron chi connectivity index (χ0n) is 47.9. The summed E-state index contributed by atoms with van der Waals surface area (Å²) in [6.45, 7) is 33.3. The van der Waals surface area contributed by atoms with Crippen LogP contribution in [0.1, 0.15) is 153 Å². The monoisotopic (exact) mass is 1090 g/mol. The molecule has 0 radical (unpaired) electrons. The molecule has 0 bridgehead atoms. The van der Waals surface area contributed by atoms with Crippen molar-refractivity contribution in [2.45, 2.75) is 182 Å². The van der Waals surface area contributed by atoms with E-state index in [4.69, 9.17) is 37.4 Å². The van der Waals surface area contributed by atoms with Gasteiger partial charge in [0, 0.05) is 4.47 Å². The molecule has 6 aromatic carbocycles. The number of hydrogen-bond acceptors (Lipinski definition) is 8. The van der Waals surface area contributed by atoms with Crippen molar-refractivity contribution < 1.29 is 37.4 Å². The minimum Gasteiger partial charge on any atom is -0.485 e. The fourth-order valence-corrected chi connectivity index (χ4v) is 11.1. The lowest BCUT2D eigenvalue weighted by molar-refractivity contribution is 0.00578. The van der Waals surface area contributed by atoms with Crippen LogP contribution < -0.4 is 14.9 Å². The summed E-state index contributed by atoms with van der Waals surface area (Å²) in [4.78, 5) is 0. The highest BCUT2D eigenvalue weighted by atomic mass is 79.9. The number of hydrogen-bond donors (Lipinski definition) is 0. The Morgan fingerprint density at radius 2 is 0.763 bits per heavy atom. The van der Waals surface area contributed by atoms with Crippen LogP contribution in [0.2, 0.25) is 0 Å². The van der Waals surface area contributed by atoms with Gasteiger partial charge in [-0.3, -0.25) is 0 Å². The average Bonchev–Trinajstić information content (AvgIpc) is 3.83. The van der Waals surface area contributed by atoms with Gasteiger partial charge in [0.25, 0.3) is 0 Å². The van der Waals surface area contributed by atoms with Crippen LogP contribution in [0.25, 0.3) is 22.3 Å². The quantitative estimate of drug-likeness (QED) is 0.153. The van der Waals surface area contributed by atoms with Gasteiger partial charge >= 0.3 is 21.1 Å². The van der Waals surface area contributed by atoms with Gasteiger partial charge in [-0.25, -0.2) is 0 Å². The smallest absolute Gasteiger partial charge is 0.485 e. The van der Waals surface area contributed by atoms with Crippen LogP contribution in [0.15, 0.2) is 126 Å². The SMILES string of the molecule is CC1(C)OB(B2OC(C)(C)C(C)(C)O2)OC1(C)C.Cc1cccc(C)c1-c1cccc(C2CCc3cc(B4OC(C)(C)C(C)(C)O4)ccc3O2)c1.Cc1cccc(C)c1-c1cccc(C2CCc3cc(Br)ccc3O2)c1. The maximum absolute atomic E-state index is 6.49. The summed E-state index contributed by atoms with van der Waals surface area (Å²) in [7, 11) is -1.29. The minimum absolute atomic E-state index is 0.0597. The van der Waals surface area contributed by atoms with Crippen LogP contribution >= 0.6 is 15.9 Å². The van der Waals surface area contributed by atoms with Crippen molar-refractivity contribution in [2.75, 3.05) is 0 Å². The first-order valence-corrected chi connectivity index (χ1v) is 28.1. The van der Waals surface area contributed by atoms with Crippen molar-refractivity contribution in [3.8, 4) is 33.8 Å². The van der Waals surface area contributed by atoms with Crippen LogP contribution in [0.3, 0.4) is 0 Å². The van der Waals surface area contributed by atoms with E-state index in [1.165, 1.54) is 66.8 Å². The van der Waals surface area contributed by atoms with E-state index in [1.807, 2.05) is 61.5 Å². The highest BCUT2D eigenvalue weighted by Crippen LogP contribution is 2.44. The largest absolute Gasteiger partial charge is 0.494 e. The van der Waals surface area contributed by atoms with E-state index >= 15 is 0 Å². The van der Waals surface area contributed by atoms with Gasteiger partial charge in [0.05, 0.1) is 33.6 Å². The zero-order valence-corrected chi connectivity index (χ0v) is 49.5. The number of rotatable bonds is 6. The third-order valence-corrected chi connectivity index (χ3v) is 17.8. The first kappa shape index (κ1) is 56.1. The molecule has 398 valence electrons. The standard InChI is InChI=1S/C29H33BO3.C23H21BrO.C12H24B2O4/c1-19-9-7-10-20(2)27(19)23-12-8-11-21(17-23)25-15-13-22-18-24(14-16-26(22)31-25)30-32-28(3,4)29(5,6)33-30;1-15-5-3-6-16(2)23(15)19-8-4-7-17(13-19)21-11-9-18-14-20(24)10-12-22(18)25-21;1-9(2)10(3,4)16-13(15-9)14-17-11(5,6)12(7,8)18-14/h7-12,14,16-18,25H,13,15H2,1-6H3;3-8,10,12-14,21H,9,11H2,1-2H3;1-8H3. The second-order valence-corrected chi connectivity index (χ2v) is 25.4. The molecule has 2 unspecified atom stereocenters. The molecule has 0 aliphatic carbocycles. The summed E-state index contributed by atoms with van der Waals surface area (Å²) in [6, 6.07) is 43.3. The van der Waals surface area contributed by atoms with Gasteiger partial charge in [0.15, 0.2) is 0 Å². The van der Waals surface area contributed by atoms with Crippen molar-refractivity contribution in [1.82, 2.24) is 0 Å². The molecule has 0 amide bonds. The molecule has 0 N–H and O–H groups in total. The van der Waals surface area contributed by atoms with Gasteiger partial charge in [-0.1, -0.05) is 101 Å². The molecule has 2 atom stereocenters. The number of halogens is 1. The lowest BCUT2D eigenvalue weighted by Gasteiger charge is -2.32. The third kappa shape index (κ3) is 11.4. The van der Waals surface area contributed by atoms with E-state index < -0.39 is 14.0 Å². The van der Waals surface area contributed by atoms with E-state index in [9.17, 15) is 0 Å². The van der Waals surface area contributed by atoms with Crippen LogP contribution in [0, 0.1) is 27.7 Å². The average molecular weight is 1090 g/mol. The predicted molar refractivity (Wildman–Crippen MR) is 315 cm³/mol. The Bertz CT molecular complexity index is 2970. The molecule has 3 fully saturated rings. The van der Waals surface area contributed by atoms with Crippen molar-refractivity contribution in [3.63, 3.8) is 0 Å². The molecule has 3 saturated heterocycles. The molecular formula is C64H78B3BrO8. The van der Waals surface area contributed by atoms with Crippen LogP contribution in [0.5, 0.6) is 11.5 Å². The Morgan fingerprint density at radius 1 is 0.408 bits per heavy atom. The zero-order chi connectivity index (χ0) is 54.8. The summed E-state index contributed by atoms with van der Waals surface area (Å²) >= 11 is 3.54. The normalized spacial score (nSPS) is 22.0. The van der Waals surface area contributed by atoms with Gasteiger partial charge in [0.1, 0.15) is 23.7 Å². The highest BCUT2D eigenvalue weighted by Gasteiger charge is 2.64. The topological polar surface area (TPSA) is 73.8 Å². The number of fused-ring (bicyclic) bond motifs is 2. The summed E-state index contributed by atoms with van der Waals surface area (Å²) in [5.41, 5.74) is 14.4. The lowest BCUT2D eigenvalue weighted by Crippen LogP contribution is -2.41. The molecule has 0 spiro atoms. The predicted octanol–water partition coefficient (Wildman–Crippen LogP) is 15.4. The van der Waals surface area contributed by atoms with E-state index in [1.54, 1.807) is 0 Å². The van der Waals surface area contributed by atoms with Crippen molar-refractivity contribution >= 4 is 42.5 Å². The molecule has 0 aromatic heterocycles. The fourth-order valence-electron chi connectivity index (χ4n) is 10.7. The number of benzene rings is 6. The van der Waals surface area contributed by atoms with Crippen molar-refractivity contribution in [3.05, 3.63) is 170 Å². The molecule has 11 rings (SSSR count). The molecule has 5 aliphatic heterocycles. The Kier molecular flexibility index (Phi) is 15.6. The minimum atomic E-state index is -0.476. The summed E-state index contributed by atoms with van der Waals surface area (Å²) < 4.78 is 50.2. The Labute approximate surface area is 463 Å². The van der Waals surface area contributed by atoms with Crippen LogP contribution in [-0.4, -0.2) is 54.7 Å². The fraction of sp³-hybridized carbons (Fsp3) is 0.438. The molecule has 6 aromatic rings. The molecular weight excluding hydrogens is 1010 g/mol. The second kappa shape index (κ2) is 21.2.